The maximum Gasteiger partial charge on any atom is 0.253 e. The molecule has 38 heavy (non-hydrogen) atoms. The van der Waals surface area contributed by atoms with Crippen LogP contribution in [0.1, 0.15) is 76.1 Å². The van der Waals surface area contributed by atoms with E-state index in [1.54, 1.807) is 41.4 Å². The molecular weight excluding hydrogens is 486 g/mol. The zero-order chi connectivity index (χ0) is 27.9. The number of nitrogens with zero attached hydrogens (tertiary/aromatic N) is 4. The third-order valence-electron chi connectivity index (χ3n) is 7.97. The number of aromatic nitrogens is 1. The number of hydrogen-bond acceptors (Lipinski definition) is 6. The molecule has 0 aromatic carbocycles. The number of piperidine rings is 1. The van der Waals surface area contributed by atoms with Crippen molar-refractivity contribution in [3.8, 4) is 0 Å². The highest BCUT2D eigenvalue weighted by Gasteiger charge is 2.39. The summed E-state index contributed by atoms with van der Waals surface area (Å²) >= 11 is 0. The number of carbonyl (C=O) groups is 4. The first-order valence-electron chi connectivity index (χ1n) is 13.7. The summed E-state index contributed by atoms with van der Waals surface area (Å²) in [6, 6.07) is 2.58. The van der Waals surface area contributed by atoms with Gasteiger partial charge in [0.05, 0.1) is 12.5 Å². The van der Waals surface area contributed by atoms with E-state index < -0.39 is 17.4 Å². The lowest BCUT2D eigenvalue weighted by Crippen LogP contribution is -2.58. The van der Waals surface area contributed by atoms with Crippen molar-refractivity contribution in [3.63, 3.8) is 0 Å². The number of likely N-dealkylation sites (N-methyl/N-ethyl adjacent to an activating group) is 1. The molecule has 4 amide bonds. The van der Waals surface area contributed by atoms with Crippen molar-refractivity contribution in [1.82, 2.24) is 25.2 Å². The molecule has 1 saturated carbocycles. The first kappa shape index (κ1) is 29.5. The molecule has 0 bridgehead atoms. The van der Waals surface area contributed by atoms with Crippen LogP contribution in [0.2, 0.25) is 0 Å². The normalized spacial score (nSPS) is 18.5. The van der Waals surface area contributed by atoms with Crippen LogP contribution in [0.5, 0.6) is 0 Å². The zero-order valence-electron chi connectivity index (χ0n) is 23.1. The Labute approximate surface area is 225 Å². The Bertz CT molecular complexity index is 952. The summed E-state index contributed by atoms with van der Waals surface area (Å²) in [7, 11) is 1.76. The van der Waals surface area contributed by atoms with Crippen LogP contribution in [0.15, 0.2) is 24.5 Å². The predicted octanol–water partition coefficient (Wildman–Crippen LogP) is 2.72. The fourth-order valence-electron chi connectivity index (χ4n) is 5.61. The highest BCUT2D eigenvalue weighted by molar-refractivity contribution is 5.94. The summed E-state index contributed by atoms with van der Waals surface area (Å²) in [5, 5.41) is 13.3. The van der Waals surface area contributed by atoms with Gasteiger partial charge in [-0.1, -0.05) is 46.5 Å². The van der Waals surface area contributed by atoms with Gasteiger partial charge in [-0.3, -0.25) is 29.4 Å². The van der Waals surface area contributed by atoms with Crippen LogP contribution in [0.25, 0.3) is 0 Å². The average Bonchev–Trinajstić information content (AvgIpc) is 3.43. The second kappa shape index (κ2) is 13.2. The zero-order valence-corrected chi connectivity index (χ0v) is 23.1. The van der Waals surface area contributed by atoms with Gasteiger partial charge in [-0.2, -0.15) is 0 Å². The Morgan fingerprint density at radius 2 is 1.74 bits per heavy atom. The standard InChI is InChI=1S/C28H43N5O5/c1-28(2,3)24(30-25(35)22(18-33(38)19-34)17-20-7-5-6-8-20)27(37)31(4)23-11-15-32(16-12-23)26(36)21-9-13-29-14-10-21/h9-10,13-14,19-20,22-24,38H,5-8,11-12,15-18H2,1-4H3,(H,30,35). The number of hydroxylamine groups is 2. The summed E-state index contributed by atoms with van der Waals surface area (Å²) in [6.07, 6.45) is 9.67. The summed E-state index contributed by atoms with van der Waals surface area (Å²) < 4.78 is 0. The van der Waals surface area contributed by atoms with Gasteiger partial charge in [-0.15, -0.1) is 0 Å². The fraction of sp³-hybridized carbons (Fsp3) is 0.679. The SMILES string of the molecule is CN(C(=O)C(NC(=O)C(CC1CCCC1)CN(O)C=O)C(C)(C)C)C1CCN(C(=O)c2ccncc2)CC1. The fourth-order valence-corrected chi connectivity index (χ4v) is 5.61. The van der Waals surface area contributed by atoms with Crippen molar-refractivity contribution < 1.29 is 24.4 Å². The number of likely N-dealkylation sites (tertiary alicyclic amines) is 1. The van der Waals surface area contributed by atoms with Crippen molar-refractivity contribution in [2.45, 2.75) is 77.8 Å². The van der Waals surface area contributed by atoms with Gasteiger partial charge in [0.15, 0.2) is 0 Å². The second-order valence-electron chi connectivity index (χ2n) is 11.8. The lowest BCUT2D eigenvalue weighted by Gasteiger charge is -2.40. The summed E-state index contributed by atoms with van der Waals surface area (Å²) in [6.45, 7) is 6.71. The summed E-state index contributed by atoms with van der Waals surface area (Å²) in [4.78, 5) is 58.4. The van der Waals surface area contributed by atoms with E-state index in [0.717, 1.165) is 25.7 Å². The lowest BCUT2D eigenvalue weighted by atomic mass is 9.84. The van der Waals surface area contributed by atoms with Gasteiger partial charge < -0.3 is 15.1 Å². The lowest BCUT2D eigenvalue weighted by molar-refractivity contribution is -0.156. The van der Waals surface area contributed by atoms with Gasteiger partial charge in [0, 0.05) is 44.1 Å². The monoisotopic (exact) mass is 529 g/mol. The number of carbonyl (C=O) groups excluding carboxylic acids is 4. The Kier molecular flexibility index (Phi) is 10.2. The molecule has 2 fully saturated rings. The predicted molar refractivity (Wildman–Crippen MR) is 142 cm³/mol. The van der Waals surface area contributed by atoms with Crippen LogP contribution in [-0.2, 0) is 14.4 Å². The molecule has 2 heterocycles. The van der Waals surface area contributed by atoms with Crippen LogP contribution < -0.4 is 5.32 Å². The third kappa shape index (κ3) is 7.75. The van der Waals surface area contributed by atoms with Crippen molar-refractivity contribution in [3.05, 3.63) is 30.1 Å². The average molecular weight is 530 g/mol. The number of rotatable bonds is 10. The highest BCUT2D eigenvalue weighted by Crippen LogP contribution is 2.31. The molecule has 1 saturated heterocycles. The van der Waals surface area contributed by atoms with E-state index >= 15 is 0 Å². The van der Waals surface area contributed by atoms with Gasteiger partial charge in [-0.05, 0) is 42.7 Å². The van der Waals surface area contributed by atoms with Crippen LogP contribution >= 0.6 is 0 Å². The molecule has 0 radical (unpaired) electrons. The molecule has 0 spiro atoms. The third-order valence-corrected chi connectivity index (χ3v) is 7.97. The van der Waals surface area contributed by atoms with Crippen molar-refractivity contribution in [2.75, 3.05) is 26.7 Å². The Balaban J connectivity index is 1.64. The van der Waals surface area contributed by atoms with E-state index in [2.05, 4.69) is 10.3 Å². The first-order chi connectivity index (χ1) is 18.0. The molecule has 210 valence electrons. The van der Waals surface area contributed by atoms with Crippen LogP contribution in [0.4, 0.5) is 0 Å². The maximum absolute atomic E-state index is 13.7. The molecular formula is C28H43N5O5. The van der Waals surface area contributed by atoms with E-state index in [9.17, 15) is 24.4 Å². The quantitative estimate of drug-likeness (QED) is 0.273. The molecule has 1 aliphatic carbocycles. The van der Waals surface area contributed by atoms with Gasteiger partial charge >= 0.3 is 0 Å². The van der Waals surface area contributed by atoms with Gasteiger partial charge in [0.25, 0.3) is 5.91 Å². The number of pyridine rings is 1. The van der Waals surface area contributed by atoms with Crippen molar-refractivity contribution in [2.24, 2.45) is 17.3 Å². The molecule has 2 N–H and O–H groups in total. The van der Waals surface area contributed by atoms with Crippen LogP contribution in [0, 0.1) is 17.3 Å². The van der Waals surface area contributed by atoms with Gasteiger partial charge in [-0.25, -0.2) is 5.06 Å². The summed E-state index contributed by atoms with van der Waals surface area (Å²) in [5.41, 5.74) is 0.0436. The molecule has 2 unspecified atom stereocenters. The maximum atomic E-state index is 13.7. The molecule has 2 atom stereocenters. The number of nitrogens with one attached hydrogen (secondary N) is 1. The molecule has 10 nitrogen and oxygen atoms in total. The minimum Gasteiger partial charge on any atom is -0.344 e. The van der Waals surface area contributed by atoms with Gasteiger partial charge in [0.1, 0.15) is 6.04 Å². The van der Waals surface area contributed by atoms with E-state index in [1.165, 1.54) is 0 Å². The van der Waals surface area contributed by atoms with E-state index in [1.807, 2.05) is 20.8 Å². The molecule has 1 aromatic rings. The van der Waals surface area contributed by atoms with Crippen LogP contribution in [-0.4, -0.2) is 88.0 Å². The number of amides is 4. The first-order valence-corrected chi connectivity index (χ1v) is 13.7. The minimum atomic E-state index is -0.772. The largest absolute Gasteiger partial charge is 0.344 e. The van der Waals surface area contributed by atoms with Gasteiger partial charge in [0.2, 0.25) is 18.2 Å². The minimum absolute atomic E-state index is 0.0405. The molecule has 3 rings (SSSR count). The smallest absolute Gasteiger partial charge is 0.253 e. The molecule has 10 heteroatoms. The summed E-state index contributed by atoms with van der Waals surface area (Å²) in [5.74, 6) is -0.768. The van der Waals surface area contributed by atoms with E-state index in [-0.39, 0.29) is 30.3 Å². The molecule has 1 aliphatic heterocycles. The molecule has 1 aromatic heterocycles. The topological polar surface area (TPSA) is 123 Å². The highest BCUT2D eigenvalue weighted by atomic mass is 16.5. The Morgan fingerprint density at radius 3 is 2.29 bits per heavy atom. The number of hydrogen-bond donors (Lipinski definition) is 2. The van der Waals surface area contributed by atoms with E-state index in [4.69, 9.17) is 0 Å². The Hall–Kier alpha value is -3.01. The van der Waals surface area contributed by atoms with E-state index in [0.29, 0.717) is 55.3 Å². The van der Waals surface area contributed by atoms with Crippen molar-refractivity contribution >= 4 is 24.1 Å². The molecule has 2 aliphatic rings. The Morgan fingerprint density at radius 1 is 1.13 bits per heavy atom. The van der Waals surface area contributed by atoms with Crippen LogP contribution in [0.3, 0.4) is 0 Å². The second-order valence-corrected chi connectivity index (χ2v) is 11.8. The van der Waals surface area contributed by atoms with Crippen molar-refractivity contribution in [1.29, 1.82) is 0 Å².